The maximum absolute atomic E-state index is 13.4. The van der Waals surface area contributed by atoms with Crippen molar-refractivity contribution in [3.8, 4) is 0 Å². The van der Waals surface area contributed by atoms with E-state index in [-0.39, 0.29) is 44.8 Å². The van der Waals surface area contributed by atoms with Crippen LogP contribution in [0.25, 0.3) is 0 Å². The van der Waals surface area contributed by atoms with Crippen LogP contribution in [0.15, 0.2) is 84.9 Å². The molecule has 0 bridgehead atoms. The van der Waals surface area contributed by atoms with Crippen LogP contribution in [-0.2, 0) is 0 Å². The number of amides is 2. The molecule has 0 atom stereocenters. The van der Waals surface area contributed by atoms with Crippen LogP contribution in [0.2, 0.25) is 0 Å². The minimum absolute atomic E-state index is 0.0122. The lowest BCUT2D eigenvalue weighted by Crippen LogP contribution is -2.23. The van der Waals surface area contributed by atoms with Crippen molar-refractivity contribution in [2.45, 2.75) is 0 Å². The second-order valence-electron chi connectivity index (χ2n) is 8.70. The molecule has 0 aromatic heterocycles. The molecule has 0 spiro atoms. The number of fused-ring (bicyclic) bond motifs is 2. The molecule has 1 aliphatic carbocycles. The van der Waals surface area contributed by atoms with Crippen molar-refractivity contribution >= 4 is 46.1 Å². The Labute approximate surface area is 224 Å². The summed E-state index contributed by atoms with van der Waals surface area (Å²) in [5.74, 6) is -2.20. The molecule has 0 heterocycles. The molecule has 0 aliphatic heterocycles. The van der Waals surface area contributed by atoms with E-state index in [1.54, 1.807) is 0 Å². The third kappa shape index (κ3) is 4.79. The number of carbonyl (C=O) groups is 4. The lowest BCUT2D eigenvalue weighted by atomic mass is 9.82. The normalized spacial score (nSPS) is 11.7. The van der Waals surface area contributed by atoms with Crippen molar-refractivity contribution < 1.29 is 29.0 Å². The van der Waals surface area contributed by atoms with Gasteiger partial charge in [-0.05, 0) is 60.7 Å². The van der Waals surface area contributed by atoms with Crippen molar-refractivity contribution in [2.24, 2.45) is 0 Å². The first-order valence-corrected chi connectivity index (χ1v) is 11.6. The van der Waals surface area contributed by atoms with Crippen molar-refractivity contribution in [1.82, 2.24) is 0 Å². The summed E-state index contributed by atoms with van der Waals surface area (Å²) in [7, 11) is 0. The number of carbonyl (C=O) groups excluding carboxylic acids is 4. The third-order valence-electron chi connectivity index (χ3n) is 6.21. The Kier molecular flexibility index (Phi) is 6.41. The van der Waals surface area contributed by atoms with E-state index in [1.807, 2.05) is 0 Å². The van der Waals surface area contributed by atoms with E-state index in [0.29, 0.717) is 11.4 Å². The van der Waals surface area contributed by atoms with Crippen LogP contribution in [0.4, 0.5) is 22.7 Å². The smallest absolute Gasteiger partial charge is 0.269 e. The number of nitrogens with one attached hydrogen (secondary N) is 2. The van der Waals surface area contributed by atoms with Gasteiger partial charge in [-0.25, -0.2) is 0 Å². The largest absolute Gasteiger partial charge is 0.322 e. The fraction of sp³-hybridized carbons (Fsp3) is 0. The van der Waals surface area contributed by atoms with Gasteiger partial charge >= 0.3 is 0 Å². The second kappa shape index (κ2) is 10.0. The highest BCUT2D eigenvalue weighted by Gasteiger charge is 2.31. The fourth-order valence-electron chi connectivity index (χ4n) is 4.17. The molecule has 4 aromatic rings. The molecule has 0 fully saturated rings. The minimum Gasteiger partial charge on any atom is -0.322 e. The summed E-state index contributed by atoms with van der Waals surface area (Å²) in [5.41, 5.74) is 0.645. The zero-order chi connectivity index (χ0) is 28.6. The van der Waals surface area contributed by atoms with Crippen LogP contribution in [0.5, 0.6) is 0 Å². The van der Waals surface area contributed by atoms with Gasteiger partial charge in [0.05, 0.1) is 9.85 Å². The molecule has 0 saturated carbocycles. The van der Waals surface area contributed by atoms with Gasteiger partial charge in [-0.15, -0.1) is 0 Å². The Morgan fingerprint density at radius 3 is 1.23 bits per heavy atom. The van der Waals surface area contributed by atoms with Gasteiger partial charge in [-0.1, -0.05) is 0 Å². The standard InChI is InChI=1S/C28H16N4O8/c33-25-21-11-1-15(27(35)29-17-3-7-19(8-4-17)31(37)38)13-23(21)26(34)24-14-16(2-12-22(24)25)28(36)30-18-5-9-20(10-6-18)32(39)40/h1-14H,(H,29,35)(H,30,36). The average Bonchev–Trinajstić information content (AvgIpc) is 2.95. The number of benzene rings is 4. The van der Waals surface area contributed by atoms with Crippen LogP contribution in [-0.4, -0.2) is 33.2 Å². The molecular formula is C28H16N4O8. The minimum atomic E-state index is -0.598. The lowest BCUT2D eigenvalue weighted by Gasteiger charge is -2.19. The van der Waals surface area contributed by atoms with E-state index in [0.717, 1.165) is 0 Å². The number of nitrogens with zero attached hydrogens (tertiary/aromatic N) is 2. The van der Waals surface area contributed by atoms with Gasteiger partial charge in [0, 0.05) is 69.0 Å². The number of nitro groups is 2. The van der Waals surface area contributed by atoms with Gasteiger partial charge in [0.1, 0.15) is 0 Å². The van der Waals surface area contributed by atoms with Crippen LogP contribution in [0.3, 0.4) is 0 Å². The third-order valence-corrected chi connectivity index (χ3v) is 6.21. The molecule has 40 heavy (non-hydrogen) atoms. The molecule has 4 aromatic carbocycles. The second-order valence-corrected chi connectivity index (χ2v) is 8.70. The van der Waals surface area contributed by atoms with Crippen molar-refractivity contribution in [2.75, 3.05) is 10.6 Å². The molecule has 2 N–H and O–H groups in total. The summed E-state index contributed by atoms with van der Waals surface area (Å²) in [6, 6.07) is 18.5. The monoisotopic (exact) mass is 536 g/mol. The highest BCUT2D eigenvalue weighted by atomic mass is 16.6. The Hall–Kier alpha value is -6.04. The summed E-state index contributed by atoms with van der Waals surface area (Å²) >= 11 is 0. The van der Waals surface area contributed by atoms with E-state index < -0.39 is 33.2 Å². The van der Waals surface area contributed by atoms with Gasteiger partial charge < -0.3 is 10.6 Å². The van der Waals surface area contributed by atoms with Gasteiger partial charge in [0.2, 0.25) is 0 Å². The van der Waals surface area contributed by atoms with Crippen LogP contribution in [0.1, 0.15) is 52.6 Å². The topological polar surface area (TPSA) is 179 Å². The first-order chi connectivity index (χ1) is 19.1. The number of anilines is 2. The van der Waals surface area contributed by atoms with Crippen molar-refractivity contribution in [1.29, 1.82) is 0 Å². The zero-order valence-electron chi connectivity index (χ0n) is 20.2. The fourth-order valence-corrected chi connectivity index (χ4v) is 4.17. The van der Waals surface area contributed by atoms with E-state index in [1.165, 1.54) is 84.9 Å². The van der Waals surface area contributed by atoms with Crippen molar-refractivity contribution in [3.05, 3.63) is 139 Å². The summed E-state index contributed by atoms with van der Waals surface area (Å²) < 4.78 is 0. The molecule has 196 valence electrons. The van der Waals surface area contributed by atoms with E-state index in [2.05, 4.69) is 10.6 Å². The number of hydrogen-bond acceptors (Lipinski definition) is 8. The SMILES string of the molecule is O=C(Nc1ccc([N+](=O)[O-])cc1)c1ccc2c(c1)C(=O)c1cc(C(=O)Nc3ccc([N+](=O)[O-])cc3)ccc1C2=O. The number of non-ortho nitro benzene ring substituents is 2. The molecule has 5 rings (SSSR count). The number of nitro benzene ring substituents is 2. The first kappa shape index (κ1) is 25.6. The van der Waals surface area contributed by atoms with E-state index in [4.69, 9.17) is 0 Å². The number of hydrogen-bond donors (Lipinski definition) is 2. The van der Waals surface area contributed by atoms with Crippen LogP contribution in [0, 0.1) is 20.2 Å². The quantitative estimate of drug-likeness (QED) is 0.230. The summed E-state index contributed by atoms with van der Waals surface area (Å²) in [5, 5.41) is 26.8. The Morgan fingerprint density at radius 2 is 0.875 bits per heavy atom. The van der Waals surface area contributed by atoms with Gasteiger partial charge in [-0.3, -0.25) is 39.4 Å². The van der Waals surface area contributed by atoms with Crippen LogP contribution >= 0.6 is 0 Å². The Bertz CT molecular complexity index is 1640. The van der Waals surface area contributed by atoms with E-state index in [9.17, 15) is 39.4 Å². The average molecular weight is 536 g/mol. The summed E-state index contributed by atoms with van der Waals surface area (Å²) in [6.45, 7) is 0. The zero-order valence-corrected chi connectivity index (χ0v) is 20.2. The maximum Gasteiger partial charge on any atom is 0.269 e. The predicted octanol–water partition coefficient (Wildman–Crippen LogP) is 4.78. The predicted molar refractivity (Wildman–Crippen MR) is 142 cm³/mol. The molecule has 12 nitrogen and oxygen atoms in total. The molecule has 0 unspecified atom stereocenters. The van der Waals surface area contributed by atoms with Crippen LogP contribution < -0.4 is 10.6 Å². The summed E-state index contributed by atoms with van der Waals surface area (Å²) in [6.07, 6.45) is 0. The maximum atomic E-state index is 13.4. The Morgan fingerprint density at radius 1 is 0.525 bits per heavy atom. The highest BCUT2D eigenvalue weighted by Crippen LogP contribution is 2.29. The lowest BCUT2D eigenvalue weighted by molar-refractivity contribution is -0.385. The van der Waals surface area contributed by atoms with Gasteiger partial charge in [-0.2, -0.15) is 0 Å². The first-order valence-electron chi connectivity index (χ1n) is 11.6. The molecule has 2 amide bonds. The molecule has 1 aliphatic rings. The number of ketones is 2. The molecule has 12 heteroatoms. The Balaban J connectivity index is 1.38. The van der Waals surface area contributed by atoms with Crippen molar-refractivity contribution in [3.63, 3.8) is 0 Å². The highest BCUT2D eigenvalue weighted by molar-refractivity contribution is 6.29. The summed E-state index contributed by atoms with van der Waals surface area (Å²) in [4.78, 5) is 72.6. The molecular weight excluding hydrogens is 520 g/mol. The molecule has 0 saturated heterocycles. The van der Waals surface area contributed by atoms with Gasteiger partial charge in [0.15, 0.2) is 11.6 Å². The van der Waals surface area contributed by atoms with E-state index >= 15 is 0 Å². The molecule has 0 radical (unpaired) electrons. The number of rotatable bonds is 6. The van der Waals surface area contributed by atoms with Gasteiger partial charge in [0.25, 0.3) is 23.2 Å².